The Labute approximate surface area is 188 Å². The largest absolute Gasteiger partial charge is 0.493 e. The Morgan fingerprint density at radius 2 is 1.77 bits per heavy atom. The minimum atomic E-state index is -0.440. The number of benzene rings is 2. The van der Waals surface area contributed by atoms with E-state index in [1.54, 1.807) is 24.3 Å². The van der Waals surface area contributed by atoms with Crippen molar-refractivity contribution < 1.29 is 14.3 Å². The monoisotopic (exact) mass is 461 g/mol. The number of ether oxygens (including phenoxy) is 1. The zero-order chi connectivity index (χ0) is 21.7. The molecule has 3 aromatic rings. The lowest BCUT2D eigenvalue weighted by atomic mass is 10.2. The Balaban J connectivity index is 1.53. The van der Waals surface area contributed by atoms with Crippen molar-refractivity contribution in [1.29, 1.82) is 0 Å². The number of fused-ring (bicyclic) bond motifs is 1. The molecule has 6 nitrogen and oxygen atoms in total. The zero-order valence-electron chi connectivity index (χ0n) is 16.3. The van der Waals surface area contributed by atoms with Crippen LogP contribution in [0, 0.1) is 5.92 Å². The normalized spacial score (nSPS) is 10.7. The number of carbonyl (C=O) groups is 2. The van der Waals surface area contributed by atoms with E-state index in [0.717, 1.165) is 10.1 Å². The van der Waals surface area contributed by atoms with Gasteiger partial charge in [-0.2, -0.15) is 0 Å². The maximum absolute atomic E-state index is 12.4. The van der Waals surface area contributed by atoms with Crippen LogP contribution in [0.4, 0.5) is 0 Å². The molecule has 0 radical (unpaired) electrons. The number of hydrogen-bond acceptors (Lipinski definition) is 5. The van der Waals surface area contributed by atoms with Crippen molar-refractivity contribution in [2.45, 2.75) is 13.8 Å². The average molecular weight is 462 g/mol. The molecule has 0 fully saturated rings. The first-order valence-electron chi connectivity index (χ1n) is 9.16. The van der Waals surface area contributed by atoms with Gasteiger partial charge in [-0.05, 0) is 48.5 Å². The van der Waals surface area contributed by atoms with Crippen molar-refractivity contribution in [1.82, 2.24) is 16.2 Å². The fraction of sp³-hybridized carbons (Fsp3) is 0.190. The Hall–Kier alpha value is -2.68. The molecule has 9 heteroatoms. The van der Waals surface area contributed by atoms with Gasteiger partial charge in [-0.15, -0.1) is 11.3 Å². The molecular weight excluding hydrogens is 442 g/mol. The summed E-state index contributed by atoms with van der Waals surface area (Å²) in [4.78, 5) is 25.1. The van der Waals surface area contributed by atoms with Crippen molar-refractivity contribution in [2.75, 3.05) is 6.61 Å². The third kappa shape index (κ3) is 5.47. The molecule has 0 bridgehead atoms. The van der Waals surface area contributed by atoms with Gasteiger partial charge in [0.1, 0.15) is 10.6 Å². The van der Waals surface area contributed by atoms with Crippen LogP contribution in [0.1, 0.15) is 33.9 Å². The highest BCUT2D eigenvalue weighted by molar-refractivity contribution is 7.80. The Kier molecular flexibility index (Phi) is 7.25. The molecule has 30 heavy (non-hydrogen) atoms. The van der Waals surface area contributed by atoms with Crippen molar-refractivity contribution in [3.63, 3.8) is 0 Å². The van der Waals surface area contributed by atoms with Crippen molar-refractivity contribution >= 4 is 62.2 Å². The van der Waals surface area contributed by atoms with Crippen molar-refractivity contribution in [3.8, 4) is 5.75 Å². The summed E-state index contributed by atoms with van der Waals surface area (Å²) in [7, 11) is 0. The van der Waals surface area contributed by atoms with Gasteiger partial charge in [0, 0.05) is 15.6 Å². The number of thiophene rings is 1. The van der Waals surface area contributed by atoms with Gasteiger partial charge in [-0.25, -0.2) is 0 Å². The summed E-state index contributed by atoms with van der Waals surface area (Å²) >= 11 is 12.6. The number of hydrogen-bond donors (Lipinski definition) is 3. The molecule has 3 N–H and O–H groups in total. The lowest BCUT2D eigenvalue weighted by Gasteiger charge is -2.11. The molecular formula is C21H20ClN3O3S2. The molecule has 0 aliphatic carbocycles. The summed E-state index contributed by atoms with van der Waals surface area (Å²) in [6.45, 7) is 4.72. The van der Waals surface area contributed by atoms with Gasteiger partial charge in [-0.1, -0.05) is 43.6 Å². The fourth-order valence-corrected chi connectivity index (χ4v) is 4.06. The van der Waals surface area contributed by atoms with E-state index < -0.39 is 11.8 Å². The summed E-state index contributed by atoms with van der Waals surface area (Å²) in [6, 6.07) is 14.2. The summed E-state index contributed by atoms with van der Waals surface area (Å²) in [5.41, 5.74) is 5.39. The Morgan fingerprint density at radius 3 is 2.43 bits per heavy atom. The summed E-state index contributed by atoms with van der Waals surface area (Å²) in [5.74, 6) is 0.254. The minimum absolute atomic E-state index is 0.0364. The summed E-state index contributed by atoms with van der Waals surface area (Å²) < 4.78 is 6.50. The molecule has 1 heterocycles. The van der Waals surface area contributed by atoms with Crippen LogP contribution in [-0.2, 0) is 0 Å². The average Bonchev–Trinajstić information content (AvgIpc) is 3.07. The topological polar surface area (TPSA) is 79.5 Å². The standard InChI is InChI=1S/C21H20ClN3O3S2/c1-12(2)11-28-14-9-7-13(8-10-14)19(26)23-21(29)25-24-20(27)18-17(22)15-5-3-4-6-16(15)30-18/h3-10,12H,11H2,1-2H3,(H,24,27)(H2,23,25,26,29). The predicted molar refractivity (Wildman–Crippen MR) is 124 cm³/mol. The first-order chi connectivity index (χ1) is 14.3. The number of hydrazine groups is 1. The molecule has 0 saturated heterocycles. The number of halogens is 1. The second-order valence-electron chi connectivity index (χ2n) is 6.83. The lowest BCUT2D eigenvalue weighted by Crippen LogP contribution is -2.48. The smallest absolute Gasteiger partial charge is 0.281 e. The van der Waals surface area contributed by atoms with E-state index in [1.807, 2.05) is 24.3 Å². The van der Waals surface area contributed by atoms with E-state index in [9.17, 15) is 9.59 Å². The SMILES string of the molecule is CC(C)COc1ccc(C(=O)NC(=S)NNC(=O)c2sc3ccccc3c2Cl)cc1. The number of nitrogens with one attached hydrogen (secondary N) is 3. The van der Waals surface area contributed by atoms with Crippen molar-refractivity contribution in [3.05, 3.63) is 64.0 Å². The maximum atomic E-state index is 12.4. The quantitative estimate of drug-likeness (QED) is 0.384. The van der Waals surface area contributed by atoms with E-state index in [2.05, 4.69) is 30.0 Å². The third-order valence-electron chi connectivity index (χ3n) is 3.96. The third-order valence-corrected chi connectivity index (χ3v) is 5.84. The molecule has 2 aromatic carbocycles. The molecule has 2 amide bonds. The molecule has 1 aromatic heterocycles. The second kappa shape index (κ2) is 9.88. The van der Waals surface area contributed by atoms with Crippen LogP contribution < -0.4 is 20.9 Å². The van der Waals surface area contributed by atoms with Gasteiger partial charge in [-0.3, -0.25) is 25.8 Å². The van der Waals surface area contributed by atoms with Crippen LogP contribution in [0.15, 0.2) is 48.5 Å². The van der Waals surface area contributed by atoms with E-state index in [4.69, 9.17) is 28.6 Å². The molecule has 0 spiro atoms. The van der Waals surface area contributed by atoms with Crippen LogP contribution in [0.5, 0.6) is 5.75 Å². The van der Waals surface area contributed by atoms with E-state index >= 15 is 0 Å². The van der Waals surface area contributed by atoms with E-state index in [-0.39, 0.29) is 5.11 Å². The van der Waals surface area contributed by atoms with Crippen LogP contribution >= 0.6 is 35.2 Å². The Bertz CT molecular complexity index is 1080. The number of amides is 2. The summed E-state index contributed by atoms with van der Waals surface area (Å²) in [6.07, 6.45) is 0. The van der Waals surface area contributed by atoms with Crippen LogP contribution in [0.25, 0.3) is 10.1 Å². The van der Waals surface area contributed by atoms with Gasteiger partial charge in [0.15, 0.2) is 5.11 Å². The molecule has 0 saturated carbocycles. The van der Waals surface area contributed by atoms with Gasteiger partial charge in [0.2, 0.25) is 0 Å². The summed E-state index contributed by atoms with van der Waals surface area (Å²) in [5, 5.41) is 3.66. The first-order valence-corrected chi connectivity index (χ1v) is 10.8. The zero-order valence-corrected chi connectivity index (χ0v) is 18.7. The highest BCUT2D eigenvalue weighted by Gasteiger charge is 2.17. The van der Waals surface area contributed by atoms with E-state index in [0.29, 0.717) is 33.7 Å². The molecule has 0 unspecified atom stereocenters. The van der Waals surface area contributed by atoms with Gasteiger partial charge in [0.05, 0.1) is 11.6 Å². The second-order valence-corrected chi connectivity index (χ2v) is 8.67. The van der Waals surface area contributed by atoms with Crippen LogP contribution in [0.2, 0.25) is 5.02 Å². The molecule has 0 aliphatic rings. The van der Waals surface area contributed by atoms with Gasteiger partial charge < -0.3 is 4.74 Å². The number of thiocarbonyl (C=S) groups is 1. The predicted octanol–water partition coefficient (Wildman–Crippen LogP) is 4.54. The van der Waals surface area contributed by atoms with Crippen molar-refractivity contribution in [2.24, 2.45) is 5.92 Å². The number of rotatable bonds is 5. The molecule has 3 rings (SSSR count). The highest BCUT2D eigenvalue weighted by atomic mass is 35.5. The molecule has 0 atom stereocenters. The Morgan fingerprint density at radius 1 is 1.07 bits per heavy atom. The maximum Gasteiger partial charge on any atom is 0.281 e. The number of carbonyl (C=O) groups excluding carboxylic acids is 2. The lowest BCUT2D eigenvalue weighted by molar-refractivity contribution is 0.0938. The highest BCUT2D eigenvalue weighted by Crippen LogP contribution is 2.34. The van der Waals surface area contributed by atoms with Crippen LogP contribution in [-0.4, -0.2) is 23.5 Å². The van der Waals surface area contributed by atoms with Gasteiger partial charge in [0.25, 0.3) is 11.8 Å². The minimum Gasteiger partial charge on any atom is -0.493 e. The van der Waals surface area contributed by atoms with E-state index in [1.165, 1.54) is 11.3 Å². The van der Waals surface area contributed by atoms with Gasteiger partial charge >= 0.3 is 0 Å². The fourth-order valence-electron chi connectivity index (χ4n) is 2.50. The molecule has 0 aliphatic heterocycles. The van der Waals surface area contributed by atoms with Crippen LogP contribution in [0.3, 0.4) is 0 Å². The molecule has 156 valence electrons. The first kappa shape index (κ1) is 22.0.